The van der Waals surface area contributed by atoms with Gasteiger partial charge in [-0.15, -0.1) is 0 Å². The van der Waals surface area contributed by atoms with E-state index in [0.29, 0.717) is 6.29 Å². The van der Waals surface area contributed by atoms with E-state index in [2.05, 4.69) is 4.74 Å². The van der Waals surface area contributed by atoms with Crippen LogP contribution in [-0.4, -0.2) is 44.8 Å². The van der Waals surface area contributed by atoms with Gasteiger partial charge in [0, 0.05) is 24.6 Å². The van der Waals surface area contributed by atoms with Crippen LogP contribution in [0.4, 0.5) is 9.18 Å². The summed E-state index contributed by atoms with van der Waals surface area (Å²) in [5.74, 6) is -1.10. The Morgan fingerprint density at radius 3 is 2.71 bits per heavy atom. The van der Waals surface area contributed by atoms with Crippen LogP contribution in [0.2, 0.25) is 0 Å². The maximum atomic E-state index is 13.7. The fourth-order valence-electron chi connectivity index (χ4n) is 1.95. The summed E-state index contributed by atoms with van der Waals surface area (Å²) < 4.78 is 43.7. The van der Waals surface area contributed by atoms with Crippen molar-refractivity contribution in [2.45, 2.75) is 4.90 Å². The molecular weight excluding hydrogens is 303 g/mol. The van der Waals surface area contributed by atoms with Crippen molar-refractivity contribution in [1.29, 1.82) is 0 Å². The average molecular weight is 316 g/mol. The summed E-state index contributed by atoms with van der Waals surface area (Å²) in [6.45, 7) is 0.207. The predicted molar refractivity (Wildman–Crippen MR) is 69.6 cm³/mol. The number of amides is 1. The Kier molecular flexibility index (Phi) is 4.24. The predicted octanol–water partition coefficient (Wildman–Crippen LogP) is 0.354. The van der Waals surface area contributed by atoms with Gasteiger partial charge in [-0.05, 0) is 18.2 Å². The Hall–Kier alpha value is -2.00. The highest BCUT2D eigenvalue weighted by molar-refractivity contribution is 7.89. The molecule has 0 aromatic heterocycles. The van der Waals surface area contributed by atoms with E-state index in [0.717, 1.165) is 16.4 Å². The minimum atomic E-state index is -4.01. The summed E-state index contributed by atoms with van der Waals surface area (Å²) in [5, 5.41) is 0. The minimum Gasteiger partial charge on any atom is -0.449 e. The first-order chi connectivity index (χ1) is 9.84. The van der Waals surface area contributed by atoms with Crippen LogP contribution >= 0.6 is 0 Å². The molecule has 2 N–H and O–H groups in total. The lowest BCUT2D eigenvalue weighted by molar-refractivity contribution is 0.0886. The molecule has 0 atom stereocenters. The Morgan fingerprint density at radius 2 is 2.14 bits per heavy atom. The van der Waals surface area contributed by atoms with Gasteiger partial charge in [0.2, 0.25) is 10.0 Å². The van der Waals surface area contributed by atoms with Crippen LogP contribution in [-0.2, 0) is 14.8 Å². The zero-order valence-corrected chi connectivity index (χ0v) is 11.7. The third-order valence-electron chi connectivity index (χ3n) is 3.09. The molecule has 1 aromatic rings. The molecule has 1 heterocycles. The third-order valence-corrected chi connectivity index (χ3v) is 4.94. The van der Waals surface area contributed by atoms with Gasteiger partial charge in [-0.3, -0.25) is 4.79 Å². The van der Waals surface area contributed by atoms with E-state index in [1.165, 1.54) is 6.07 Å². The van der Waals surface area contributed by atoms with Crippen LogP contribution in [0.1, 0.15) is 10.4 Å². The molecule has 9 heteroatoms. The van der Waals surface area contributed by atoms with Crippen LogP contribution in [0.25, 0.3) is 0 Å². The SMILES string of the molecule is NC(=O)OCC1CN(S(=O)(=O)c2cc(C=O)ccc2F)C1. The molecule has 1 amide bonds. The molecule has 1 saturated heterocycles. The molecule has 0 saturated carbocycles. The van der Waals surface area contributed by atoms with E-state index in [9.17, 15) is 22.4 Å². The number of benzene rings is 1. The van der Waals surface area contributed by atoms with Gasteiger partial charge in [0.15, 0.2) is 0 Å². The number of rotatable bonds is 5. The van der Waals surface area contributed by atoms with Gasteiger partial charge in [-0.2, -0.15) is 4.31 Å². The van der Waals surface area contributed by atoms with Crippen LogP contribution in [0.5, 0.6) is 0 Å². The number of primary amides is 1. The third kappa shape index (κ3) is 3.19. The van der Waals surface area contributed by atoms with Crippen LogP contribution in [0.15, 0.2) is 23.1 Å². The van der Waals surface area contributed by atoms with Crippen molar-refractivity contribution in [2.24, 2.45) is 11.7 Å². The van der Waals surface area contributed by atoms with Gasteiger partial charge in [0.1, 0.15) is 17.0 Å². The quantitative estimate of drug-likeness (QED) is 0.789. The Balaban J connectivity index is 2.10. The molecule has 1 aliphatic rings. The van der Waals surface area contributed by atoms with Crippen LogP contribution < -0.4 is 5.73 Å². The molecule has 1 aromatic carbocycles. The normalized spacial score (nSPS) is 16.2. The fraction of sp³-hybridized carbons (Fsp3) is 0.333. The average Bonchev–Trinajstić information content (AvgIpc) is 2.36. The standard InChI is InChI=1S/C12H13FN2O5S/c13-10-2-1-8(6-16)3-11(10)21(18,19)15-4-9(5-15)7-20-12(14)17/h1-3,6,9H,4-5,7H2,(H2,14,17). The second-order valence-electron chi connectivity index (χ2n) is 4.63. The van der Waals surface area contributed by atoms with Gasteiger partial charge in [0.25, 0.3) is 0 Å². The molecular formula is C12H13FN2O5S. The number of nitrogens with two attached hydrogens (primary N) is 1. The van der Waals surface area contributed by atoms with E-state index >= 15 is 0 Å². The van der Waals surface area contributed by atoms with Crippen LogP contribution in [0.3, 0.4) is 0 Å². The molecule has 0 bridgehead atoms. The number of aldehydes is 1. The summed E-state index contributed by atoms with van der Waals surface area (Å²) in [6, 6.07) is 3.12. The number of hydrogen-bond donors (Lipinski definition) is 1. The number of ether oxygens (including phenoxy) is 1. The van der Waals surface area contributed by atoms with Crippen molar-refractivity contribution in [3.8, 4) is 0 Å². The minimum absolute atomic E-state index is 0.0121. The first-order valence-corrected chi connectivity index (χ1v) is 7.45. The lowest BCUT2D eigenvalue weighted by Gasteiger charge is -2.37. The van der Waals surface area contributed by atoms with Gasteiger partial charge in [-0.25, -0.2) is 17.6 Å². The lowest BCUT2D eigenvalue weighted by Crippen LogP contribution is -2.51. The molecule has 0 radical (unpaired) electrons. The van der Waals surface area contributed by atoms with Crippen molar-refractivity contribution in [2.75, 3.05) is 19.7 Å². The molecule has 0 aliphatic carbocycles. The molecule has 0 unspecified atom stereocenters. The smallest absolute Gasteiger partial charge is 0.404 e. The van der Waals surface area contributed by atoms with Crippen molar-refractivity contribution in [3.05, 3.63) is 29.6 Å². The van der Waals surface area contributed by atoms with Crippen LogP contribution in [0, 0.1) is 11.7 Å². The van der Waals surface area contributed by atoms with Crippen molar-refractivity contribution in [1.82, 2.24) is 4.31 Å². The lowest BCUT2D eigenvalue weighted by atomic mass is 10.1. The van der Waals surface area contributed by atoms with Gasteiger partial charge in [0.05, 0.1) is 6.61 Å². The second kappa shape index (κ2) is 5.78. The van der Waals surface area contributed by atoms with E-state index in [4.69, 9.17) is 5.73 Å². The van der Waals surface area contributed by atoms with Crippen molar-refractivity contribution < 1.29 is 27.1 Å². The highest BCUT2D eigenvalue weighted by atomic mass is 32.2. The van der Waals surface area contributed by atoms with Crippen molar-refractivity contribution >= 4 is 22.4 Å². The highest BCUT2D eigenvalue weighted by Gasteiger charge is 2.38. The van der Waals surface area contributed by atoms with E-state index < -0.39 is 26.8 Å². The fourth-order valence-corrected chi connectivity index (χ4v) is 3.65. The first kappa shape index (κ1) is 15.4. The molecule has 21 heavy (non-hydrogen) atoms. The Bertz CT molecular complexity index is 670. The van der Waals surface area contributed by atoms with Gasteiger partial charge in [-0.1, -0.05) is 0 Å². The highest BCUT2D eigenvalue weighted by Crippen LogP contribution is 2.27. The number of nitrogens with zero attached hydrogens (tertiary/aromatic N) is 1. The number of carbonyl (C=O) groups is 2. The molecule has 1 fully saturated rings. The number of sulfonamides is 1. The molecule has 2 rings (SSSR count). The largest absolute Gasteiger partial charge is 0.449 e. The monoisotopic (exact) mass is 316 g/mol. The Labute approximate surface area is 120 Å². The van der Waals surface area contributed by atoms with E-state index in [1.54, 1.807) is 0 Å². The molecule has 114 valence electrons. The topological polar surface area (TPSA) is 107 Å². The second-order valence-corrected chi connectivity index (χ2v) is 6.53. The zero-order chi connectivity index (χ0) is 15.6. The summed E-state index contributed by atoms with van der Waals surface area (Å²) in [6.07, 6.45) is -0.487. The first-order valence-electron chi connectivity index (χ1n) is 6.01. The molecule has 1 aliphatic heterocycles. The van der Waals surface area contributed by atoms with Gasteiger partial charge >= 0.3 is 6.09 Å². The number of carbonyl (C=O) groups excluding carboxylic acids is 2. The number of hydrogen-bond acceptors (Lipinski definition) is 5. The number of halogens is 1. The van der Waals surface area contributed by atoms with E-state index in [-0.39, 0.29) is 31.2 Å². The summed E-state index contributed by atoms with van der Waals surface area (Å²) in [7, 11) is -4.01. The zero-order valence-electron chi connectivity index (χ0n) is 10.9. The van der Waals surface area contributed by atoms with Gasteiger partial charge < -0.3 is 10.5 Å². The summed E-state index contributed by atoms with van der Waals surface area (Å²) in [4.78, 5) is 20.6. The molecule has 0 spiro atoms. The van der Waals surface area contributed by atoms with Crippen molar-refractivity contribution in [3.63, 3.8) is 0 Å². The maximum absolute atomic E-state index is 13.7. The maximum Gasteiger partial charge on any atom is 0.404 e. The molecule has 7 nitrogen and oxygen atoms in total. The summed E-state index contributed by atoms with van der Waals surface area (Å²) >= 11 is 0. The van der Waals surface area contributed by atoms with E-state index in [1.807, 2.05) is 0 Å². The Morgan fingerprint density at radius 1 is 1.48 bits per heavy atom. The summed E-state index contributed by atoms with van der Waals surface area (Å²) in [5.41, 5.74) is 4.88.